The van der Waals surface area contributed by atoms with Crippen LogP contribution in [0.1, 0.15) is 22.3 Å². The number of benzene rings is 2. The molecule has 1 fully saturated rings. The van der Waals surface area contributed by atoms with Crippen LogP contribution in [-0.2, 0) is 4.79 Å². The summed E-state index contributed by atoms with van der Waals surface area (Å²) in [6.45, 7) is 4.55. The number of aromatic nitrogens is 3. The number of nitrogens with zero attached hydrogens (tertiary/aromatic N) is 4. The van der Waals surface area contributed by atoms with Crippen molar-refractivity contribution in [2.24, 2.45) is 0 Å². The Balaban J connectivity index is 1.49. The summed E-state index contributed by atoms with van der Waals surface area (Å²) in [5.74, 6) is 1.50. The number of halogens is 1. The number of amides is 1. The minimum Gasteiger partial charge on any atom is -0.325 e. The number of carbonyl (C=O) groups excluding carboxylic acids is 1. The van der Waals surface area contributed by atoms with E-state index in [2.05, 4.69) is 10.2 Å². The van der Waals surface area contributed by atoms with Gasteiger partial charge in [-0.05, 0) is 32.0 Å². The zero-order chi connectivity index (χ0) is 20.4. The van der Waals surface area contributed by atoms with Crippen molar-refractivity contribution in [3.05, 3.63) is 71.3 Å². The zero-order valence-electron chi connectivity index (χ0n) is 16.2. The minimum absolute atomic E-state index is 0.0237. The normalized spacial score (nSPS) is 16.4. The van der Waals surface area contributed by atoms with E-state index in [-0.39, 0.29) is 22.9 Å². The largest absolute Gasteiger partial charge is 0.325 e. The second-order valence-corrected chi connectivity index (χ2v) is 8.95. The van der Waals surface area contributed by atoms with Gasteiger partial charge in [0.2, 0.25) is 5.91 Å². The van der Waals surface area contributed by atoms with Crippen LogP contribution in [0, 0.1) is 19.7 Å². The highest BCUT2D eigenvalue weighted by Gasteiger charge is 2.32. The Morgan fingerprint density at radius 3 is 2.69 bits per heavy atom. The Bertz CT molecular complexity index is 1020. The molecule has 0 saturated carbocycles. The van der Waals surface area contributed by atoms with Gasteiger partial charge in [-0.1, -0.05) is 47.7 Å². The minimum atomic E-state index is -0.277. The first-order valence-corrected chi connectivity index (χ1v) is 11.4. The molecule has 2 aromatic carbocycles. The van der Waals surface area contributed by atoms with E-state index in [0.29, 0.717) is 17.3 Å². The number of hydrogen-bond donors (Lipinski definition) is 0. The van der Waals surface area contributed by atoms with Crippen LogP contribution in [0.25, 0.3) is 5.69 Å². The number of thioether (sulfide) groups is 2. The average molecular weight is 429 g/mol. The number of carbonyl (C=O) groups is 1. The lowest BCUT2D eigenvalue weighted by molar-refractivity contribution is -0.128. The first-order chi connectivity index (χ1) is 14.0. The molecular formula is C21H21FN4OS2. The van der Waals surface area contributed by atoms with Gasteiger partial charge < -0.3 is 4.90 Å². The van der Waals surface area contributed by atoms with Crippen molar-refractivity contribution in [1.29, 1.82) is 0 Å². The van der Waals surface area contributed by atoms with Crippen LogP contribution < -0.4 is 0 Å². The summed E-state index contributed by atoms with van der Waals surface area (Å²) in [5, 5.41) is 8.82. The predicted octanol–water partition coefficient (Wildman–Crippen LogP) is 4.39. The van der Waals surface area contributed by atoms with Crippen LogP contribution >= 0.6 is 23.5 Å². The number of hydrogen-bond acceptors (Lipinski definition) is 5. The van der Waals surface area contributed by atoms with Gasteiger partial charge in [0.05, 0.1) is 5.75 Å². The maximum atomic E-state index is 14.2. The molecule has 1 aromatic heterocycles. The van der Waals surface area contributed by atoms with Crippen LogP contribution in [0.3, 0.4) is 0 Å². The van der Waals surface area contributed by atoms with Crippen molar-refractivity contribution < 1.29 is 9.18 Å². The maximum Gasteiger partial charge on any atom is 0.234 e. The van der Waals surface area contributed by atoms with Gasteiger partial charge in [-0.15, -0.1) is 22.0 Å². The second-order valence-electron chi connectivity index (χ2n) is 6.82. The molecule has 0 spiro atoms. The Morgan fingerprint density at radius 2 is 1.93 bits per heavy atom. The molecule has 4 rings (SSSR count). The Kier molecular flexibility index (Phi) is 5.91. The standard InChI is InChI=1S/C21H21FN4OS2/c1-14-7-9-16(10-8-14)26-15(2)23-24-21(26)29-13-19(27)25-11-12-28-20(25)17-5-3-4-6-18(17)22/h3-10,20H,11-13H2,1-2H3/t20-/m1/s1. The molecule has 0 radical (unpaired) electrons. The molecule has 1 amide bonds. The number of aryl methyl sites for hydroxylation is 2. The number of rotatable bonds is 5. The molecule has 1 saturated heterocycles. The van der Waals surface area contributed by atoms with Gasteiger partial charge >= 0.3 is 0 Å². The van der Waals surface area contributed by atoms with Crippen molar-refractivity contribution in [3.63, 3.8) is 0 Å². The summed E-state index contributed by atoms with van der Waals surface area (Å²) in [4.78, 5) is 14.7. The lowest BCUT2D eigenvalue weighted by Crippen LogP contribution is -2.32. The van der Waals surface area contributed by atoms with Crippen LogP contribution in [-0.4, -0.2) is 43.6 Å². The van der Waals surface area contributed by atoms with Gasteiger partial charge in [-0.25, -0.2) is 4.39 Å². The lowest BCUT2D eigenvalue weighted by Gasteiger charge is -2.24. The van der Waals surface area contributed by atoms with Crippen LogP contribution in [0.2, 0.25) is 0 Å². The molecule has 0 bridgehead atoms. The first kappa shape index (κ1) is 20.0. The van der Waals surface area contributed by atoms with Crippen molar-refractivity contribution >= 4 is 29.4 Å². The fourth-order valence-corrected chi connectivity index (χ4v) is 5.48. The fourth-order valence-electron chi connectivity index (χ4n) is 3.30. The van der Waals surface area contributed by atoms with E-state index >= 15 is 0 Å². The summed E-state index contributed by atoms with van der Waals surface area (Å²) in [5.41, 5.74) is 2.70. The quantitative estimate of drug-likeness (QED) is 0.564. The van der Waals surface area contributed by atoms with Crippen molar-refractivity contribution in [2.45, 2.75) is 24.4 Å². The smallest absolute Gasteiger partial charge is 0.234 e. The molecule has 150 valence electrons. The Morgan fingerprint density at radius 1 is 1.17 bits per heavy atom. The predicted molar refractivity (Wildman–Crippen MR) is 115 cm³/mol. The van der Waals surface area contributed by atoms with E-state index in [4.69, 9.17) is 0 Å². The van der Waals surface area contributed by atoms with E-state index in [1.807, 2.05) is 48.7 Å². The van der Waals surface area contributed by atoms with E-state index in [9.17, 15) is 9.18 Å². The highest BCUT2D eigenvalue weighted by atomic mass is 32.2. The molecule has 29 heavy (non-hydrogen) atoms. The summed E-state index contributed by atoms with van der Waals surface area (Å²) in [6.07, 6.45) is 0. The molecule has 0 N–H and O–H groups in total. The molecule has 2 heterocycles. The Labute approximate surface area is 177 Å². The average Bonchev–Trinajstić information content (AvgIpc) is 3.34. The molecule has 1 atom stereocenters. The van der Waals surface area contributed by atoms with Gasteiger partial charge in [0, 0.05) is 23.5 Å². The molecular weight excluding hydrogens is 407 g/mol. The monoisotopic (exact) mass is 428 g/mol. The molecule has 0 aliphatic carbocycles. The summed E-state index contributed by atoms with van der Waals surface area (Å²) < 4.78 is 16.2. The summed E-state index contributed by atoms with van der Waals surface area (Å²) in [7, 11) is 0. The molecule has 1 aliphatic rings. The SMILES string of the molecule is Cc1ccc(-n2c(C)nnc2SCC(=O)N2CCS[C@@H]2c2ccccc2F)cc1. The van der Waals surface area contributed by atoms with Crippen LogP contribution in [0.5, 0.6) is 0 Å². The topological polar surface area (TPSA) is 51.0 Å². The third-order valence-corrected chi connectivity index (χ3v) is 6.95. The Hall–Kier alpha value is -2.32. The molecule has 5 nitrogen and oxygen atoms in total. The summed E-state index contributed by atoms with van der Waals surface area (Å²) in [6, 6.07) is 14.8. The van der Waals surface area contributed by atoms with E-state index in [1.165, 1.54) is 23.4 Å². The molecule has 3 aromatic rings. The molecule has 1 aliphatic heterocycles. The van der Waals surface area contributed by atoms with Gasteiger partial charge in [-0.2, -0.15) is 0 Å². The third-order valence-electron chi connectivity index (χ3n) is 4.79. The van der Waals surface area contributed by atoms with Crippen molar-refractivity contribution in [1.82, 2.24) is 19.7 Å². The highest BCUT2D eigenvalue weighted by Crippen LogP contribution is 2.39. The maximum absolute atomic E-state index is 14.2. The molecule has 8 heteroatoms. The van der Waals surface area contributed by atoms with E-state index in [0.717, 1.165) is 17.3 Å². The van der Waals surface area contributed by atoms with Crippen molar-refractivity contribution in [3.8, 4) is 5.69 Å². The van der Waals surface area contributed by atoms with E-state index in [1.54, 1.807) is 28.8 Å². The van der Waals surface area contributed by atoms with Gasteiger partial charge in [-0.3, -0.25) is 9.36 Å². The van der Waals surface area contributed by atoms with E-state index < -0.39 is 0 Å². The summed E-state index contributed by atoms with van der Waals surface area (Å²) >= 11 is 2.95. The van der Waals surface area contributed by atoms with Crippen LogP contribution in [0.4, 0.5) is 4.39 Å². The van der Waals surface area contributed by atoms with Crippen molar-refractivity contribution in [2.75, 3.05) is 18.1 Å². The fraction of sp³-hybridized carbons (Fsp3) is 0.286. The third kappa shape index (κ3) is 4.18. The lowest BCUT2D eigenvalue weighted by atomic mass is 10.2. The van der Waals surface area contributed by atoms with Gasteiger partial charge in [0.25, 0.3) is 0 Å². The van der Waals surface area contributed by atoms with Gasteiger partial charge in [0.15, 0.2) is 5.16 Å². The first-order valence-electron chi connectivity index (χ1n) is 9.32. The van der Waals surface area contributed by atoms with Crippen LogP contribution in [0.15, 0.2) is 53.7 Å². The van der Waals surface area contributed by atoms with Gasteiger partial charge in [0.1, 0.15) is 17.0 Å². The highest BCUT2D eigenvalue weighted by molar-refractivity contribution is 8.00. The molecule has 0 unspecified atom stereocenters. The zero-order valence-corrected chi connectivity index (χ0v) is 17.8. The second kappa shape index (κ2) is 8.59.